The molecule has 0 aromatic carbocycles. The number of carboxylic acids is 1. The van der Waals surface area contributed by atoms with E-state index in [1.807, 2.05) is 18.2 Å². The monoisotopic (exact) mass is 161 g/mol. The van der Waals surface area contributed by atoms with Crippen LogP contribution in [-0.2, 0) is 4.79 Å². The molecule has 0 spiro atoms. The normalized spacial score (nSPS) is 14.7. The van der Waals surface area contributed by atoms with Crippen LogP contribution in [0.4, 0.5) is 0 Å². The Bertz CT molecular complexity index is 354. The Kier molecular flexibility index (Phi) is 1.43. The van der Waals surface area contributed by atoms with E-state index in [1.54, 1.807) is 6.20 Å². The molecule has 1 heterocycles. The summed E-state index contributed by atoms with van der Waals surface area (Å²) >= 11 is 0. The van der Waals surface area contributed by atoms with Crippen molar-refractivity contribution in [2.75, 3.05) is 0 Å². The molecular weight excluding hydrogens is 154 g/mol. The maximum Gasteiger partial charge on any atom is 0.332 e. The molecule has 0 atom stereocenters. The molecule has 1 aliphatic carbocycles. The van der Waals surface area contributed by atoms with Gasteiger partial charge < -0.3 is 5.11 Å². The van der Waals surface area contributed by atoms with Crippen LogP contribution in [0.2, 0.25) is 0 Å². The Morgan fingerprint density at radius 3 is 2.83 bits per heavy atom. The number of nitrogens with zero attached hydrogens (tertiary/aromatic N) is 1. The number of hydrogen-bond acceptors (Lipinski definition) is 2. The van der Waals surface area contributed by atoms with Crippen LogP contribution in [0.1, 0.15) is 12.1 Å². The summed E-state index contributed by atoms with van der Waals surface area (Å²) < 4.78 is 0. The molecule has 2 rings (SSSR count). The van der Waals surface area contributed by atoms with Crippen molar-refractivity contribution in [3.63, 3.8) is 0 Å². The summed E-state index contributed by atoms with van der Waals surface area (Å²) in [6, 6.07) is 5.49. The maximum absolute atomic E-state index is 10.5. The number of aromatic nitrogens is 1. The Labute approximate surface area is 69.4 Å². The van der Waals surface area contributed by atoms with Gasteiger partial charge in [0.2, 0.25) is 0 Å². The fraction of sp³-hybridized carbons (Fsp3) is 0.111. The molecule has 0 radical (unpaired) electrons. The van der Waals surface area contributed by atoms with Gasteiger partial charge in [-0.3, -0.25) is 4.98 Å². The molecule has 0 saturated heterocycles. The van der Waals surface area contributed by atoms with E-state index in [0.717, 1.165) is 11.3 Å². The number of hydrogen-bond donors (Lipinski definition) is 1. The fourth-order valence-electron chi connectivity index (χ4n) is 1.12. The van der Waals surface area contributed by atoms with E-state index in [0.29, 0.717) is 12.0 Å². The van der Waals surface area contributed by atoms with E-state index >= 15 is 0 Å². The van der Waals surface area contributed by atoms with E-state index in [2.05, 4.69) is 4.98 Å². The first-order valence-electron chi connectivity index (χ1n) is 3.66. The first-order valence-corrected chi connectivity index (χ1v) is 3.66. The molecule has 1 aromatic heterocycles. The zero-order valence-corrected chi connectivity index (χ0v) is 6.32. The van der Waals surface area contributed by atoms with Crippen molar-refractivity contribution in [1.82, 2.24) is 4.98 Å². The highest BCUT2D eigenvalue weighted by Gasteiger charge is 2.29. The van der Waals surface area contributed by atoms with Gasteiger partial charge in [-0.1, -0.05) is 6.07 Å². The van der Waals surface area contributed by atoms with E-state index in [9.17, 15) is 4.79 Å². The molecule has 3 nitrogen and oxygen atoms in total. The van der Waals surface area contributed by atoms with Crippen molar-refractivity contribution in [2.45, 2.75) is 6.42 Å². The van der Waals surface area contributed by atoms with Gasteiger partial charge >= 0.3 is 5.97 Å². The van der Waals surface area contributed by atoms with Crippen LogP contribution in [0.15, 0.2) is 30.0 Å². The minimum Gasteiger partial charge on any atom is -0.478 e. The molecule has 0 amide bonds. The van der Waals surface area contributed by atoms with Crippen molar-refractivity contribution < 1.29 is 9.90 Å². The van der Waals surface area contributed by atoms with Crippen LogP contribution in [0, 0.1) is 0 Å². The summed E-state index contributed by atoms with van der Waals surface area (Å²) in [5, 5.41) is 8.60. The minimum atomic E-state index is -0.823. The van der Waals surface area contributed by atoms with Crippen LogP contribution in [0.3, 0.4) is 0 Å². The highest BCUT2D eigenvalue weighted by molar-refractivity contribution is 6.06. The van der Waals surface area contributed by atoms with Crippen molar-refractivity contribution in [1.29, 1.82) is 0 Å². The first kappa shape index (κ1) is 7.03. The Morgan fingerprint density at radius 2 is 2.33 bits per heavy atom. The average Bonchev–Trinajstić information content (AvgIpc) is 2.84. The third-order valence-electron chi connectivity index (χ3n) is 1.83. The molecule has 0 saturated carbocycles. The van der Waals surface area contributed by atoms with Gasteiger partial charge in [0.15, 0.2) is 0 Å². The van der Waals surface area contributed by atoms with Crippen LogP contribution < -0.4 is 0 Å². The highest BCUT2D eigenvalue weighted by Crippen LogP contribution is 2.38. The lowest BCUT2D eigenvalue weighted by Gasteiger charge is -1.88. The van der Waals surface area contributed by atoms with Gasteiger partial charge in [0.1, 0.15) is 0 Å². The van der Waals surface area contributed by atoms with Crippen LogP contribution >= 0.6 is 0 Å². The van der Waals surface area contributed by atoms with Gasteiger partial charge in [0, 0.05) is 18.2 Å². The Hall–Kier alpha value is -1.64. The number of rotatable bonds is 2. The fourth-order valence-corrected chi connectivity index (χ4v) is 1.12. The molecular formula is C9H7NO2. The first-order chi connectivity index (χ1) is 5.79. The molecule has 0 bridgehead atoms. The Balaban J connectivity index is 2.31. The lowest BCUT2D eigenvalue weighted by Crippen LogP contribution is -1.88. The lowest BCUT2D eigenvalue weighted by atomic mass is 10.3. The van der Waals surface area contributed by atoms with Crippen LogP contribution in [0.5, 0.6) is 0 Å². The second kappa shape index (κ2) is 2.44. The van der Waals surface area contributed by atoms with Crippen molar-refractivity contribution in [3.8, 4) is 0 Å². The van der Waals surface area contributed by atoms with Crippen molar-refractivity contribution >= 4 is 11.5 Å². The molecule has 3 heteroatoms. The molecule has 1 aliphatic rings. The summed E-state index contributed by atoms with van der Waals surface area (Å²) in [7, 11) is 0. The molecule has 0 aliphatic heterocycles. The van der Waals surface area contributed by atoms with Crippen molar-refractivity contribution in [3.05, 3.63) is 35.7 Å². The van der Waals surface area contributed by atoms with Gasteiger partial charge in [-0.25, -0.2) is 4.79 Å². The van der Waals surface area contributed by atoms with E-state index in [1.165, 1.54) is 0 Å². The molecule has 0 fully saturated rings. The third-order valence-corrected chi connectivity index (χ3v) is 1.83. The maximum atomic E-state index is 10.5. The summed E-state index contributed by atoms with van der Waals surface area (Å²) in [5.41, 5.74) is 2.15. The topological polar surface area (TPSA) is 50.2 Å². The van der Waals surface area contributed by atoms with Gasteiger partial charge in [0.05, 0.1) is 5.69 Å². The second-order valence-corrected chi connectivity index (χ2v) is 2.65. The summed E-state index contributed by atoms with van der Waals surface area (Å²) in [5.74, 6) is -0.823. The smallest absolute Gasteiger partial charge is 0.332 e. The van der Waals surface area contributed by atoms with E-state index in [-0.39, 0.29) is 0 Å². The molecule has 60 valence electrons. The Morgan fingerprint density at radius 1 is 1.50 bits per heavy atom. The third kappa shape index (κ3) is 1.09. The SMILES string of the molecule is O=C(O)C1=C(c2ccccn2)C1. The predicted molar refractivity (Wildman–Crippen MR) is 43.4 cm³/mol. The number of pyridine rings is 1. The number of carbonyl (C=O) groups is 1. The number of carboxylic acid groups (broad SMARTS) is 1. The lowest BCUT2D eigenvalue weighted by molar-refractivity contribution is -0.132. The van der Waals surface area contributed by atoms with Crippen LogP contribution in [0.25, 0.3) is 5.57 Å². The summed E-state index contributed by atoms with van der Waals surface area (Å²) in [6.45, 7) is 0. The standard InChI is InChI=1S/C9H7NO2/c11-9(12)7-5-6(7)8-3-1-2-4-10-8/h1-4H,5H2,(H,11,12). The van der Waals surface area contributed by atoms with E-state index < -0.39 is 5.97 Å². The van der Waals surface area contributed by atoms with Crippen molar-refractivity contribution in [2.24, 2.45) is 0 Å². The number of allylic oxidation sites excluding steroid dienone is 1. The minimum absolute atomic E-state index is 0.494. The van der Waals surface area contributed by atoms with Crippen LogP contribution in [-0.4, -0.2) is 16.1 Å². The summed E-state index contributed by atoms with van der Waals surface area (Å²) in [4.78, 5) is 14.5. The van der Waals surface area contributed by atoms with Gasteiger partial charge in [-0.2, -0.15) is 0 Å². The summed E-state index contributed by atoms with van der Waals surface area (Å²) in [6.07, 6.45) is 2.24. The predicted octanol–water partition coefficient (Wildman–Crippen LogP) is 1.32. The number of aliphatic carboxylic acids is 1. The second-order valence-electron chi connectivity index (χ2n) is 2.65. The molecule has 0 unspecified atom stereocenters. The van der Waals surface area contributed by atoms with Gasteiger partial charge in [-0.05, 0) is 17.7 Å². The zero-order chi connectivity index (χ0) is 8.55. The highest BCUT2D eigenvalue weighted by atomic mass is 16.4. The van der Waals surface area contributed by atoms with Gasteiger partial charge in [-0.15, -0.1) is 0 Å². The average molecular weight is 161 g/mol. The quantitative estimate of drug-likeness (QED) is 0.711. The molecule has 12 heavy (non-hydrogen) atoms. The van der Waals surface area contributed by atoms with Gasteiger partial charge in [0.25, 0.3) is 0 Å². The largest absolute Gasteiger partial charge is 0.478 e. The zero-order valence-electron chi connectivity index (χ0n) is 6.32. The van der Waals surface area contributed by atoms with E-state index in [4.69, 9.17) is 5.11 Å². The molecule has 1 N–H and O–H groups in total. The molecule has 1 aromatic rings.